The Morgan fingerprint density at radius 3 is 2.59 bits per heavy atom. The fourth-order valence-electron chi connectivity index (χ4n) is 3.81. The van der Waals surface area contributed by atoms with Gasteiger partial charge < -0.3 is 14.1 Å². The minimum atomic E-state index is -0.629. The number of esters is 1. The molecular formula is C19H25N3O5. The Labute approximate surface area is 157 Å². The largest absolute Gasteiger partial charge is 0.462 e. The Morgan fingerprint density at radius 1 is 1.30 bits per heavy atom. The molecule has 1 saturated heterocycles. The summed E-state index contributed by atoms with van der Waals surface area (Å²) in [6.07, 6.45) is 2.38. The van der Waals surface area contributed by atoms with Crippen molar-refractivity contribution in [3.63, 3.8) is 0 Å². The molecule has 0 spiro atoms. The number of aryl methyl sites for hydroxylation is 1. The van der Waals surface area contributed by atoms with Gasteiger partial charge >= 0.3 is 5.97 Å². The molecule has 1 aliphatic rings. The fourth-order valence-corrected chi connectivity index (χ4v) is 3.81. The molecule has 1 fully saturated rings. The standard InChI is InChI=1S/C19H25N3O5/c1-5-26-19(25)15-13(4)27-17-16(15)18(24)22(10-20-17)9-14(23)21-7-11(2)6-12(3)8-21/h10-12H,5-9H2,1-4H3/t11-,12-/m0/s1. The summed E-state index contributed by atoms with van der Waals surface area (Å²) >= 11 is 0. The monoisotopic (exact) mass is 375 g/mol. The minimum Gasteiger partial charge on any atom is -0.462 e. The second-order valence-corrected chi connectivity index (χ2v) is 7.36. The van der Waals surface area contributed by atoms with Crippen molar-refractivity contribution < 1.29 is 18.7 Å². The van der Waals surface area contributed by atoms with Crippen LogP contribution in [0.3, 0.4) is 0 Å². The van der Waals surface area contributed by atoms with Crippen LogP contribution >= 0.6 is 0 Å². The van der Waals surface area contributed by atoms with Gasteiger partial charge in [-0.1, -0.05) is 13.8 Å². The van der Waals surface area contributed by atoms with E-state index >= 15 is 0 Å². The molecule has 27 heavy (non-hydrogen) atoms. The number of amides is 1. The summed E-state index contributed by atoms with van der Waals surface area (Å²) in [5.74, 6) is 0.379. The highest BCUT2D eigenvalue weighted by Crippen LogP contribution is 2.23. The average Bonchev–Trinajstić information content (AvgIpc) is 2.93. The lowest BCUT2D eigenvalue weighted by atomic mass is 9.92. The Balaban J connectivity index is 1.93. The summed E-state index contributed by atoms with van der Waals surface area (Å²) in [5, 5.41) is 0.0571. The zero-order chi connectivity index (χ0) is 19.7. The molecule has 0 aliphatic carbocycles. The first-order valence-electron chi connectivity index (χ1n) is 9.25. The SMILES string of the molecule is CCOC(=O)c1c(C)oc2ncn(CC(=O)N3C[C@@H](C)C[C@H](C)C3)c(=O)c12. The maximum absolute atomic E-state index is 12.9. The van der Waals surface area contributed by atoms with Crippen molar-refractivity contribution in [1.82, 2.24) is 14.5 Å². The topological polar surface area (TPSA) is 94.6 Å². The number of aromatic nitrogens is 2. The molecule has 0 saturated carbocycles. The van der Waals surface area contributed by atoms with Crippen molar-refractivity contribution >= 4 is 23.0 Å². The van der Waals surface area contributed by atoms with E-state index in [1.807, 2.05) is 0 Å². The summed E-state index contributed by atoms with van der Waals surface area (Å²) in [4.78, 5) is 43.7. The van der Waals surface area contributed by atoms with Crippen LogP contribution in [0.2, 0.25) is 0 Å². The van der Waals surface area contributed by atoms with E-state index in [2.05, 4.69) is 18.8 Å². The molecule has 2 atom stereocenters. The molecule has 0 unspecified atom stereocenters. The molecule has 0 radical (unpaired) electrons. The van der Waals surface area contributed by atoms with Crippen molar-refractivity contribution in [2.45, 2.75) is 40.7 Å². The maximum Gasteiger partial charge on any atom is 0.342 e. The normalized spacial score (nSPS) is 20.1. The second kappa shape index (κ2) is 7.54. The van der Waals surface area contributed by atoms with Crippen molar-refractivity contribution in [1.29, 1.82) is 0 Å². The van der Waals surface area contributed by atoms with E-state index in [1.165, 1.54) is 10.9 Å². The van der Waals surface area contributed by atoms with E-state index in [-0.39, 0.29) is 41.5 Å². The molecule has 8 nitrogen and oxygen atoms in total. The lowest BCUT2D eigenvalue weighted by molar-refractivity contribution is -0.134. The molecule has 2 aromatic rings. The fraction of sp³-hybridized carbons (Fsp3) is 0.579. The van der Waals surface area contributed by atoms with Crippen molar-refractivity contribution in [3.8, 4) is 0 Å². The second-order valence-electron chi connectivity index (χ2n) is 7.36. The van der Waals surface area contributed by atoms with Gasteiger partial charge in [0, 0.05) is 13.1 Å². The highest BCUT2D eigenvalue weighted by atomic mass is 16.5. The first kappa shape index (κ1) is 19.1. The van der Waals surface area contributed by atoms with E-state index in [9.17, 15) is 14.4 Å². The molecule has 3 heterocycles. The number of carbonyl (C=O) groups is 2. The first-order valence-corrected chi connectivity index (χ1v) is 9.25. The third kappa shape index (κ3) is 3.74. The number of likely N-dealkylation sites (tertiary alicyclic amines) is 1. The highest BCUT2D eigenvalue weighted by Gasteiger charge is 2.27. The van der Waals surface area contributed by atoms with Crippen molar-refractivity contribution in [2.75, 3.05) is 19.7 Å². The third-order valence-electron chi connectivity index (χ3n) is 4.86. The van der Waals surface area contributed by atoms with Gasteiger partial charge in [-0.3, -0.25) is 14.2 Å². The van der Waals surface area contributed by atoms with E-state index < -0.39 is 11.5 Å². The molecule has 2 aromatic heterocycles. The molecule has 0 bridgehead atoms. The Bertz CT molecular complexity index is 919. The molecule has 1 amide bonds. The Morgan fingerprint density at radius 2 is 1.96 bits per heavy atom. The molecular weight excluding hydrogens is 350 g/mol. The quantitative estimate of drug-likeness (QED) is 0.759. The number of ether oxygens (including phenoxy) is 1. The predicted octanol–water partition coefficient (Wildman–Crippen LogP) is 1.98. The van der Waals surface area contributed by atoms with Crippen LogP contribution in [-0.4, -0.2) is 46.0 Å². The number of nitrogens with zero attached hydrogens (tertiary/aromatic N) is 3. The van der Waals surface area contributed by atoms with Crippen LogP contribution in [-0.2, 0) is 16.1 Å². The van der Waals surface area contributed by atoms with Crippen molar-refractivity contribution in [2.24, 2.45) is 11.8 Å². The molecule has 1 aliphatic heterocycles. The lowest BCUT2D eigenvalue weighted by Gasteiger charge is -2.35. The third-order valence-corrected chi connectivity index (χ3v) is 4.86. The summed E-state index contributed by atoms with van der Waals surface area (Å²) in [6, 6.07) is 0. The van der Waals surface area contributed by atoms with Gasteiger partial charge in [-0.25, -0.2) is 9.78 Å². The summed E-state index contributed by atoms with van der Waals surface area (Å²) < 4.78 is 11.7. The molecule has 3 rings (SSSR count). The Hall–Kier alpha value is -2.64. The van der Waals surface area contributed by atoms with E-state index in [4.69, 9.17) is 9.15 Å². The smallest absolute Gasteiger partial charge is 0.342 e. The van der Waals surface area contributed by atoms with Crippen LogP contribution in [0.1, 0.15) is 43.3 Å². The van der Waals surface area contributed by atoms with Crippen LogP contribution in [0.4, 0.5) is 0 Å². The zero-order valence-electron chi connectivity index (χ0n) is 16.2. The van der Waals surface area contributed by atoms with Gasteiger partial charge in [0.15, 0.2) is 0 Å². The van der Waals surface area contributed by atoms with Crippen LogP contribution in [0.5, 0.6) is 0 Å². The average molecular weight is 375 g/mol. The number of hydrogen-bond acceptors (Lipinski definition) is 6. The highest BCUT2D eigenvalue weighted by molar-refractivity contribution is 6.03. The lowest BCUT2D eigenvalue weighted by Crippen LogP contribution is -2.44. The summed E-state index contributed by atoms with van der Waals surface area (Å²) in [7, 11) is 0. The number of hydrogen-bond donors (Lipinski definition) is 0. The van der Waals surface area contributed by atoms with E-state index in [0.717, 1.165) is 6.42 Å². The van der Waals surface area contributed by atoms with Crippen LogP contribution in [0.25, 0.3) is 11.1 Å². The zero-order valence-corrected chi connectivity index (χ0v) is 16.2. The van der Waals surface area contributed by atoms with Gasteiger partial charge in [-0.15, -0.1) is 0 Å². The number of fused-ring (bicyclic) bond motifs is 1. The van der Waals surface area contributed by atoms with Crippen molar-refractivity contribution in [3.05, 3.63) is 28.0 Å². The predicted molar refractivity (Wildman–Crippen MR) is 98.5 cm³/mol. The first-order chi connectivity index (χ1) is 12.8. The van der Waals surface area contributed by atoms with Gasteiger partial charge in [0.25, 0.3) is 5.56 Å². The van der Waals surface area contributed by atoms with Gasteiger partial charge in [0.2, 0.25) is 11.6 Å². The molecule has 0 aromatic carbocycles. The maximum atomic E-state index is 12.9. The Kier molecular flexibility index (Phi) is 5.34. The van der Waals surface area contributed by atoms with Gasteiger partial charge in [-0.05, 0) is 32.1 Å². The molecule has 0 N–H and O–H groups in total. The van der Waals surface area contributed by atoms with Gasteiger partial charge in [-0.2, -0.15) is 0 Å². The number of carbonyl (C=O) groups excluding carboxylic acids is 2. The van der Waals surface area contributed by atoms with Crippen LogP contribution in [0, 0.1) is 18.8 Å². The van der Waals surface area contributed by atoms with Gasteiger partial charge in [0.05, 0.1) is 6.61 Å². The molecule has 146 valence electrons. The van der Waals surface area contributed by atoms with E-state index in [1.54, 1.807) is 18.7 Å². The number of piperidine rings is 1. The summed E-state index contributed by atoms with van der Waals surface area (Å²) in [6.45, 7) is 8.95. The van der Waals surface area contributed by atoms with Crippen LogP contribution < -0.4 is 5.56 Å². The molecule has 8 heteroatoms. The van der Waals surface area contributed by atoms with Crippen LogP contribution in [0.15, 0.2) is 15.5 Å². The number of rotatable bonds is 4. The number of furan rings is 1. The minimum absolute atomic E-state index is 0.0571. The summed E-state index contributed by atoms with van der Waals surface area (Å²) in [5.41, 5.74) is -0.331. The van der Waals surface area contributed by atoms with Gasteiger partial charge in [0.1, 0.15) is 29.6 Å². The van der Waals surface area contributed by atoms with E-state index in [0.29, 0.717) is 24.9 Å².